The van der Waals surface area contributed by atoms with Gasteiger partial charge in [0.05, 0.1) is 11.1 Å². The minimum absolute atomic E-state index is 0.00466. The number of carbonyl (C=O) groups is 2. The molecule has 2 unspecified atom stereocenters. The summed E-state index contributed by atoms with van der Waals surface area (Å²) in [7, 11) is 0. The Morgan fingerprint density at radius 3 is 2.08 bits per heavy atom. The Kier molecular flexibility index (Phi) is 7.00. The van der Waals surface area contributed by atoms with E-state index in [1.807, 2.05) is 48.5 Å². The first kappa shape index (κ1) is 25.2. The number of ether oxygens (including phenoxy) is 1. The van der Waals surface area contributed by atoms with Crippen LogP contribution in [0.2, 0.25) is 0 Å². The smallest absolute Gasteiger partial charge is 0.416 e. The summed E-state index contributed by atoms with van der Waals surface area (Å²) in [6, 6.07) is 17.2. The van der Waals surface area contributed by atoms with Crippen LogP contribution < -0.4 is 5.32 Å². The molecule has 3 aromatic rings. The molecule has 0 bridgehead atoms. The SMILES string of the molecule is O=C(NCC(O)C(O)c1cc(C(F)(F)F)ccc1C(=O)O)OCC1c2ccccc2-c2ccccc21. The topological polar surface area (TPSA) is 116 Å². The molecule has 188 valence electrons. The van der Waals surface area contributed by atoms with E-state index in [9.17, 15) is 38.1 Å². The quantitative estimate of drug-likeness (QED) is 0.383. The van der Waals surface area contributed by atoms with Crippen LogP contribution >= 0.6 is 0 Å². The highest BCUT2D eigenvalue weighted by Crippen LogP contribution is 2.44. The van der Waals surface area contributed by atoms with Crippen LogP contribution in [-0.2, 0) is 10.9 Å². The average Bonchev–Trinajstić information content (AvgIpc) is 3.18. The van der Waals surface area contributed by atoms with Gasteiger partial charge in [-0.25, -0.2) is 9.59 Å². The van der Waals surface area contributed by atoms with Crippen molar-refractivity contribution in [2.24, 2.45) is 0 Å². The minimum Gasteiger partial charge on any atom is -0.478 e. The second kappa shape index (κ2) is 10.00. The second-order valence-corrected chi connectivity index (χ2v) is 8.32. The van der Waals surface area contributed by atoms with Crippen LogP contribution in [0.3, 0.4) is 0 Å². The molecule has 1 aliphatic carbocycles. The molecule has 0 saturated carbocycles. The fourth-order valence-electron chi connectivity index (χ4n) is 4.33. The number of amides is 1. The molecular weight excluding hydrogens is 479 g/mol. The van der Waals surface area contributed by atoms with Gasteiger partial charge in [0.2, 0.25) is 0 Å². The lowest BCUT2D eigenvalue weighted by molar-refractivity contribution is -0.137. The lowest BCUT2D eigenvalue weighted by Gasteiger charge is -2.21. The lowest BCUT2D eigenvalue weighted by atomic mass is 9.96. The Bertz CT molecular complexity index is 1250. The summed E-state index contributed by atoms with van der Waals surface area (Å²) >= 11 is 0. The molecule has 4 rings (SSSR count). The summed E-state index contributed by atoms with van der Waals surface area (Å²) < 4.78 is 44.5. The average molecular weight is 501 g/mol. The molecule has 7 nitrogen and oxygen atoms in total. The number of hydrogen-bond donors (Lipinski definition) is 4. The molecule has 1 aliphatic rings. The molecule has 0 heterocycles. The number of alkyl carbamates (subject to hydrolysis) is 1. The fraction of sp³-hybridized carbons (Fsp3) is 0.231. The zero-order chi connectivity index (χ0) is 26.0. The monoisotopic (exact) mass is 501 g/mol. The molecule has 0 radical (unpaired) electrons. The Morgan fingerprint density at radius 2 is 1.53 bits per heavy atom. The standard InChI is InChI=1S/C26H22F3NO6/c27-26(28,29)14-9-10-19(24(33)34)20(11-14)23(32)22(31)12-30-25(35)36-13-21-17-7-3-1-5-15(17)16-6-2-4-8-18(16)21/h1-11,21-23,31-32H,12-13H2,(H,30,35)(H,33,34). The largest absolute Gasteiger partial charge is 0.478 e. The molecule has 0 aromatic heterocycles. The van der Waals surface area contributed by atoms with E-state index in [1.165, 1.54) is 0 Å². The van der Waals surface area contributed by atoms with Crippen molar-refractivity contribution in [3.63, 3.8) is 0 Å². The molecule has 4 N–H and O–H groups in total. The van der Waals surface area contributed by atoms with Gasteiger partial charge in [0, 0.05) is 12.5 Å². The third kappa shape index (κ3) is 5.05. The van der Waals surface area contributed by atoms with E-state index in [4.69, 9.17) is 4.74 Å². The molecule has 10 heteroatoms. The number of aliphatic hydroxyl groups excluding tert-OH is 2. The predicted octanol–water partition coefficient (Wildman–Crippen LogP) is 4.34. The van der Waals surface area contributed by atoms with Gasteiger partial charge >= 0.3 is 18.2 Å². The molecule has 0 aliphatic heterocycles. The molecule has 36 heavy (non-hydrogen) atoms. The van der Waals surface area contributed by atoms with E-state index >= 15 is 0 Å². The van der Waals surface area contributed by atoms with Gasteiger partial charge in [-0.2, -0.15) is 13.2 Å². The number of benzene rings is 3. The van der Waals surface area contributed by atoms with Gasteiger partial charge in [0.1, 0.15) is 18.8 Å². The highest BCUT2D eigenvalue weighted by molar-refractivity contribution is 5.89. The fourth-order valence-corrected chi connectivity index (χ4v) is 4.33. The molecule has 0 fully saturated rings. The van der Waals surface area contributed by atoms with E-state index in [-0.39, 0.29) is 12.5 Å². The van der Waals surface area contributed by atoms with Crippen molar-refractivity contribution in [1.82, 2.24) is 5.32 Å². The van der Waals surface area contributed by atoms with Crippen LogP contribution in [0.5, 0.6) is 0 Å². The van der Waals surface area contributed by atoms with Gasteiger partial charge < -0.3 is 25.4 Å². The predicted molar refractivity (Wildman–Crippen MR) is 122 cm³/mol. The normalized spacial score (nSPS) is 14.5. The number of halogens is 3. The van der Waals surface area contributed by atoms with Crippen LogP contribution in [0.1, 0.15) is 44.6 Å². The maximum atomic E-state index is 13.1. The van der Waals surface area contributed by atoms with Gasteiger partial charge in [-0.3, -0.25) is 0 Å². The maximum absolute atomic E-state index is 13.1. The first-order valence-corrected chi connectivity index (χ1v) is 11.0. The number of rotatable bonds is 7. The zero-order valence-electron chi connectivity index (χ0n) is 18.7. The van der Waals surface area contributed by atoms with Crippen molar-refractivity contribution in [3.05, 3.63) is 94.5 Å². The number of carboxylic acids is 1. The minimum atomic E-state index is -4.78. The van der Waals surface area contributed by atoms with Crippen molar-refractivity contribution in [3.8, 4) is 11.1 Å². The Morgan fingerprint density at radius 1 is 0.944 bits per heavy atom. The summed E-state index contributed by atoms with van der Waals surface area (Å²) in [5.41, 5.74) is 1.65. The third-order valence-corrected chi connectivity index (χ3v) is 6.09. The van der Waals surface area contributed by atoms with Gasteiger partial charge in [-0.05, 0) is 46.0 Å². The highest BCUT2D eigenvalue weighted by atomic mass is 19.4. The van der Waals surface area contributed by atoms with Crippen molar-refractivity contribution in [2.45, 2.75) is 24.3 Å². The lowest BCUT2D eigenvalue weighted by Crippen LogP contribution is -2.36. The number of alkyl halides is 3. The summed E-state index contributed by atoms with van der Waals surface area (Å²) in [5.74, 6) is -1.78. The van der Waals surface area contributed by atoms with E-state index in [2.05, 4.69) is 5.32 Å². The second-order valence-electron chi connectivity index (χ2n) is 8.32. The van der Waals surface area contributed by atoms with Crippen LogP contribution in [0.4, 0.5) is 18.0 Å². The van der Waals surface area contributed by atoms with E-state index < -0.39 is 53.7 Å². The Labute approximate surface area is 203 Å². The van der Waals surface area contributed by atoms with E-state index in [1.54, 1.807) is 0 Å². The van der Waals surface area contributed by atoms with Gasteiger partial charge in [0.25, 0.3) is 0 Å². The molecule has 2 atom stereocenters. The first-order chi connectivity index (χ1) is 17.1. The van der Waals surface area contributed by atoms with Crippen LogP contribution in [0, 0.1) is 0 Å². The van der Waals surface area contributed by atoms with Crippen molar-refractivity contribution >= 4 is 12.1 Å². The zero-order valence-corrected chi connectivity index (χ0v) is 18.7. The number of nitrogens with one attached hydrogen (secondary N) is 1. The summed E-state index contributed by atoms with van der Waals surface area (Å²) in [5, 5.41) is 32.2. The number of carbonyl (C=O) groups excluding carboxylic acids is 1. The van der Waals surface area contributed by atoms with Crippen LogP contribution in [0.15, 0.2) is 66.7 Å². The van der Waals surface area contributed by atoms with Gasteiger partial charge in [0.15, 0.2) is 0 Å². The number of hydrogen-bond acceptors (Lipinski definition) is 5. The molecule has 0 spiro atoms. The molecule has 0 saturated heterocycles. The van der Waals surface area contributed by atoms with Crippen LogP contribution in [0.25, 0.3) is 11.1 Å². The number of aliphatic hydroxyl groups is 2. The number of fused-ring (bicyclic) bond motifs is 3. The number of aromatic carboxylic acids is 1. The van der Waals surface area contributed by atoms with E-state index in [0.717, 1.165) is 22.3 Å². The summed E-state index contributed by atoms with van der Waals surface area (Å²) in [4.78, 5) is 23.7. The van der Waals surface area contributed by atoms with Gasteiger partial charge in [-0.1, -0.05) is 48.5 Å². The number of carboxylic acid groups (broad SMARTS) is 1. The first-order valence-electron chi connectivity index (χ1n) is 11.0. The highest BCUT2D eigenvalue weighted by Gasteiger charge is 2.34. The van der Waals surface area contributed by atoms with Crippen molar-refractivity contribution in [1.29, 1.82) is 0 Å². The summed E-state index contributed by atoms with van der Waals surface area (Å²) in [6.07, 6.45) is -9.50. The molecule has 3 aromatic carbocycles. The van der Waals surface area contributed by atoms with Crippen molar-refractivity contribution in [2.75, 3.05) is 13.2 Å². The van der Waals surface area contributed by atoms with Gasteiger partial charge in [-0.15, -0.1) is 0 Å². The third-order valence-electron chi connectivity index (χ3n) is 6.09. The summed E-state index contributed by atoms with van der Waals surface area (Å²) in [6.45, 7) is -0.595. The molecular formula is C26H22F3NO6. The van der Waals surface area contributed by atoms with Crippen molar-refractivity contribution < 1.29 is 42.8 Å². The Hall–Kier alpha value is -3.89. The Balaban J connectivity index is 1.40. The molecule has 1 amide bonds. The van der Waals surface area contributed by atoms with Crippen LogP contribution in [-0.4, -0.2) is 46.6 Å². The van der Waals surface area contributed by atoms with E-state index in [0.29, 0.717) is 18.2 Å². The maximum Gasteiger partial charge on any atom is 0.416 e.